The van der Waals surface area contributed by atoms with E-state index < -0.39 is 6.10 Å². The third-order valence-electron chi connectivity index (χ3n) is 4.22. The average molecular weight is 354 g/mol. The molecule has 6 nitrogen and oxygen atoms in total. The molecule has 0 saturated carbocycles. The Hall–Kier alpha value is -1.79. The molecule has 1 N–H and O–H groups in total. The van der Waals surface area contributed by atoms with E-state index in [0.717, 1.165) is 19.6 Å². The molecule has 1 atom stereocenters. The minimum atomic E-state index is -0.633. The van der Waals surface area contributed by atoms with E-state index in [1.807, 2.05) is 0 Å². The summed E-state index contributed by atoms with van der Waals surface area (Å²) in [6.07, 6.45) is -0.633. The zero-order valence-corrected chi connectivity index (χ0v) is 15.3. The SMILES string of the molecule is CCN(CC)CCNC(=O)c1cc(Cl)cc2c1OC(C)C(=O)N2C. The standard InChI is InChI=1S/C17H24ClN3O3/c1-5-21(6-2)8-7-19-16(22)13-9-12(18)10-14-15(13)24-11(3)17(23)20(14)4/h9-11H,5-8H2,1-4H3,(H,19,22). The van der Waals surface area contributed by atoms with Gasteiger partial charge in [0.05, 0.1) is 11.3 Å². The van der Waals surface area contributed by atoms with E-state index in [1.165, 1.54) is 4.90 Å². The van der Waals surface area contributed by atoms with Crippen molar-refractivity contribution in [3.05, 3.63) is 22.7 Å². The van der Waals surface area contributed by atoms with Crippen molar-refractivity contribution in [2.45, 2.75) is 26.9 Å². The number of carbonyl (C=O) groups excluding carboxylic acids is 2. The third kappa shape index (κ3) is 3.82. The molecule has 1 aliphatic heterocycles. The van der Waals surface area contributed by atoms with Crippen LogP contribution >= 0.6 is 11.6 Å². The summed E-state index contributed by atoms with van der Waals surface area (Å²) in [4.78, 5) is 28.3. The minimum absolute atomic E-state index is 0.169. The van der Waals surface area contributed by atoms with Gasteiger partial charge in [0.2, 0.25) is 0 Å². The Kier molecular flexibility index (Phi) is 6.07. The number of benzene rings is 1. The van der Waals surface area contributed by atoms with Crippen molar-refractivity contribution >= 4 is 29.1 Å². The van der Waals surface area contributed by atoms with E-state index in [0.29, 0.717) is 28.6 Å². The number of hydrogen-bond acceptors (Lipinski definition) is 4. The van der Waals surface area contributed by atoms with Crippen LogP contribution in [0, 0.1) is 0 Å². The second-order valence-corrected chi connectivity index (χ2v) is 6.18. The molecule has 24 heavy (non-hydrogen) atoms. The van der Waals surface area contributed by atoms with Gasteiger partial charge in [-0.15, -0.1) is 0 Å². The topological polar surface area (TPSA) is 61.9 Å². The van der Waals surface area contributed by atoms with Crippen LogP contribution in [0.15, 0.2) is 12.1 Å². The molecule has 0 aromatic heterocycles. The summed E-state index contributed by atoms with van der Waals surface area (Å²) in [7, 11) is 1.65. The van der Waals surface area contributed by atoms with Gasteiger partial charge in [0.25, 0.3) is 11.8 Å². The van der Waals surface area contributed by atoms with Crippen molar-refractivity contribution < 1.29 is 14.3 Å². The Bertz CT molecular complexity index is 632. The maximum Gasteiger partial charge on any atom is 0.267 e. The van der Waals surface area contributed by atoms with E-state index in [9.17, 15) is 9.59 Å². The van der Waals surface area contributed by atoms with Crippen molar-refractivity contribution in [3.8, 4) is 5.75 Å². The molecule has 0 radical (unpaired) electrons. The Morgan fingerprint density at radius 1 is 1.38 bits per heavy atom. The van der Waals surface area contributed by atoms with Crippen LogP contribution in [0.25, 0.3) is 0 Å². The Morgan fingerprint density at radius 2 is 2.04 bits per heavy atom. The molecule has 1 unspecified atom stereocenters. The van der Waals surface area contributed by atoms with Crippen LogP contribution in [-0.4, -0.2) is 56.0 Å². The van der Waals surface area contributed by atoms with Gasteiger partial charge in [0.15, 0.2) is 11.9 Å². The molecule has 0 aliphatic carbocycles. The number of ether oxygens (including phenoxy) is 1. The number of nitrogens with zero attached hydrogens (tertiary/aromatic N) is 2. The first kappa shape index (κ1) is 18.5. The molecule has 0 bridgehead atoms. The van der Waals surface area contributed by atoms with Gasteiger partial charge >= 0.3 is 0 Å². The second-order valence-electron chi connectivity index (χ2n) is 5.74. The lowest BCUT2D eigenvalue weighted by Gasteiger charge is -2.31. The van der Waals surface area contributed by atoms with Crippen LogP contribution in [0.2, 0.25) is 5.02 Å². The van der Waals surface area contributed by atoms with Gasteiger partial charge in [-0.05, 0) is 32.1 Å². The highest BCUT2D eigenvalue weighted by molar-refractivity contribution is 6.31. The van der Waals surface area contributed by atoms with Gasteiger partial charge in [0, 0.05) is 25.2 Å². The van der Waals surface area contributed by atoms with Crippen molar-refractivity contribution in [2.75, 3.05) is 38.1 Å². The van der Waals surface area contributed by atoms with Crippen molar-refractivity contribution in [3.63, 3.8) is 0 Å². The number of anilines is 1. The molecule has 132 valence electrons. The highest BCUT2D eigenvalue weighted by Gasteiger charge is 2.32. The average Bonchev–Trinajstić information content (AvgIpc) is 2.57. The van der Waals surface area contributed by atoms with Crippen molar-refractivity contribution in [2.24, 2.45) is 0 Å². The maximum absolute atomic E-state index is 12.6. The first-order chi connectivity index (χ1) is 11.4. The first-order valence-corrected chi connectivity index (χ1v) is 8.55. The predicted molar refractivity (Wildman–Crippen MR) is 95.1 cm³/mol. The number of halogens is 1. The first-order valence-electron chi connectivity index (χ1n) is 8.17. The van der Waals surface area contributed by atoms with Gasteiger partial charge in [-0.2, -0.15) is 0 Å². The van der Waals surface area contributed by atoms with Gasteiger partial charge in [-0.25, -0.2) is 0 Å². The van der Waals surface area contributed by atoms with E-state index in [2.05, 4.69) is 24.1 Å². The van der Waals surface area contributed by atoms with Crippen LogP contribution in [0.1, 0.15) is 31.1 Å². The van der Waals surface area contributed by atoms with E-state index in [1.54, 1.807) is 26.1 Å². The highest BCUT2D eigenvalue weighted by Crippen LogP contribution is 2.38. The van der Waals surface area contributed by atoms with Gasteiger partial charge in [-0.1, -0.05) is 25.4 Å². The number of amides is 2. The fourth-order valence-corrected chi connectivity index (χ4v) is 2.91. The smallest absolute Gasteiger partial charge is 0.267 e. The van der Waals surface area contributed by atoms with Crippen LogP contribution in [0.5, 0.6) is 5.75 Å². The molecule has 1 heterocycles. The maximum atomic E-state index is 12.6. The summed E-state index contributed by atoms with van der Waals surface area (Å²) in [6.45, 7) is 9.02. The van der Waals surface area contributed by atoms with E-state index in [-0.39, 0.29) is 11.8 Å². The molecule has 7 heteroatoms. The second kappa shape index (κ2) is 7.85. The van der Waals surface area contributed by atoms with E-state index in [4.69, 9.17) is 16.3 Å². The summed E-state index contributed by atoms with van der Waals surface area (Å²) in [5, 5.41) is 3.28. The van der Waals surface area contributed by atoms with Crippen molar-refractivity contribution in [1.29, 1.82) is 0 Å². The van der Waals surface area contributed by atoms with Crippen LogP contribution < -0.4 is 15.0 Å². The number of likely N-dealkylation sites (N-methyl/N-ethyl adjacent to an activating group) is 2. The van der Waals surface area contributed by atoms with Crippen LogP contribution in [0.3, 0.4) is 0 Å². The molecule has 2 rings (SSSR count). The molecule has 1 aromatic rings. The Balaban J connectivity index is 2.20. The number of nitrogens with one attached hydrogen (secondary N) is 1. The molecular weight excluding hydrogens is 330 g/mol. The number of hydrogen-bond donors (Lipinski definition) is 1. The van der Waals surface area contributed by atoms with Crippen molar-refractivity contribution in [1.82, 2.24) is 10.2 Å². The zero-order chi connectivity index (χ0) is 17.9. The fraction of sp³-hybridized carbons (Fsp3) is 0.529. The summed E-state index contributed by atoms with van der Waals surface area (Å²) in [5.41, 5.74) is 0.864. The quantitative estimate of drug-likeness (QED) is 0.851. The number of carbonyl (C=O) groups is 2. The predicted octanol–water partition coefficient (Wildman–Crippen LogP) is 2.16. The van der Waals surface area contributed by atoms with Crippen LogP contribution in [0.4, 0.5) is 5.69 Å². The molecule has 0 fully saturated rings. The normalized spacial score (nSPS) is 16.8. The molecular formula is C17H24ClN3O3. The third-order valence-corrected chi connectivity index (χ3v) is 4.44. The zero-order valence-electron chi connectivity index (χ0n) is 14.6. The lowest BCUT2D eigenvalue weighted by atomic mass is 10.1. The lowest BCUT2D eigenvalue weighted by Crippen LogP contribution is -2.43. The van der Waals surface area contributed by atoms with Crippen LogP contribution in [-0.2, 0) is 4.79 Å². The number of fused-ring (bicyclic) bond motifs is 1. The van der Waals surface area contributed by atoms with Gasteiger partial charge in [0.1, 0.15) is 0 Å². The fourth-order valence-electron chi connectivity index (χ4n) is 2.70. The monoisotopic (exact) mass is 353 g/mol. The summed E-state index contributed by atoms with van der Waals surface area (Å²) in [6, 6.07) is 3.21. The van der Waals surface area contributed by atoms with Gasteiger partial charge < -0.3 is 19.9 Å². The molecule has 0 saturated heterocycles. The molecule has 1 aliphatic rings. The molecule has 2 amide bonds. The Morgan fingerprint density at radius 3 is 2.67 bits per heavy atom. The molecule has 1 aromatic carbocycles. The largest absolute Gasteiger partial charge is 0.478 e. The lowest BCUT2D eigenvalue weighted by molar-refractivity contribution is -0.125. The van der Waals surface area contributed by atoms with E-state index >= 15 is 0 Å². The summed E-state index contributed by atoms with van der Waals surface area (Å²) < 4.78 is 5.67. The molecule has 0 spiro atoms. The summed E-state index contributed by atoms with van der Waals surface area (Å²) in [5.74, 6) is -0.0251. The van der Waals surface area contributed by atoms with Gasteiger partial charge in [-0.3, -0.25) is 9.59 Å². The Labute approximate surface area is 147 Å². The highest BCUT2D eigenvalue weighted by atomic mass is 35.5. The number of rotatable bonds is 6. The minimum Gasteiger partial charge on any atom is -0.478 e. The summed E-state index contributed by atoms with van der Waals surface area (Å²) >= 11 is 6.12.